The molecule has 0 aliphatic rings. The Labute approximate surface area is 144 Å². The van der Waals surface area contributed by atoms with E-state index in [2.05, 4.69) is 15.0 Å². The van der Waals surface area contributed by atoms with Crippen LogP contribution in [0, 0.1) is 30.9 Å². The lowest BCUT2D eigenvalue weighted by molar-refractivity contribution is -0.384. The molecule has 130 valence electrons. The summed E-state index contributed by atoms with van der Waals surface area (Å²) < 4.78 is 27.0. The second-order valence-electron chi connectivity index (χ2n) is 5.18. The lowest BCUT2D eigenvalue weighted by Crippen LogP contribution is -2.29. The first-order chi connectivity index (χ1) is 11.2. The number of sulfonamides is 1. The summed E-state index contributed by atoms with van der Waals surface area (Å²) >= 11 is 1.42. The molecule has 2 rings (SSSR count). The molecule has 10 heteroatoms. The molecule has 0 saturated carbocycles. The van der Waals surface area contributed by atoms with E-state index in [0.29, 0.717) is 5.56 Å². The standard InChI is InChI=1S/C14H18N4O4S2/c1-9-4-5-15-14(13(9)18(19)20)16-6-7-17-24(21,22)12-8-10(2)23-11(12)3/h4-5,8,17H,6-7H2,1-3H3,(H,15,16). The second-order valence-corrected chi connectivity index (χ2v) is 8.38. The highest BCUT2D eigenvalue weighted by Crippen LogP contribution is 2.26. The van der Waals surface area contributed by atoms with Gasteiger partial charge in [0.25, 0.3) is 0 Å². The van der Waals surface area contributed by atoms with Gasteiger partial charge in [0.1, 0.15) is 0 Å². The summed E-state index contributed by atoms with van der Waals surface area (Å²) in [7, 11) is -3.59. The fourth-order valence-electron chi connectivity index (χ4n) is 2.23. The van der Waals surface area contributed by atoms with E-state index in [4.69, 9.17) is 0 Å². The average Bonchev–Trinajstić information content (AvgIpc) is 2.83. The molecule has 0 radical (unpaired) electrons. The molecule has 0 aliphatic heterocycles. The van der Waals surface area contributed by atoms with Gasteiger partial charge in [-0.2, -0.15) is 0 Å². The van der Waals surface area contributed by atoms with Crippen LogP contribution in [0.2, 0.25) is 0 Å². The highest BCUT2D eigenvalue weighted by molar-refractivity contribution is 7.89. The number of nitrogens with one attached hydrogen (secondary N) is 2. The van der Waals surface area contributed by atoms with Crippen LogP contribution in [0.1, 0.15) is 15.3 Å². The Hall–Kier alpha value is -2.04. The fourth-order valence-corrected chi connectivity index (χ4v) is 4.81. The van der Waals surface area contributed by atoms with E-state index in [9.17, 15) is 18.5 Å². The Bertz CT molecular complexity index is 862. The van der Waals surface area contributed by atoms with E-state index in [1.54, 1.807) is 26.0 Å². The summed E-state index contributed by atoms with van der Waals surface area (Å²) in [5, 5.41) is 13.9. The van der Waals surface area contributed by atoms with Crippen LogP contribution in [0.25, 0.3) is 0 Å². The molecule has 0 saturated heterocycles. The third kappa shape index (κ3) is 4.08. The molecule has 0 atom stereocenters. The van der Waals surface area contributed by atoms with Crippen LogP contribution >= 0.6 is 11.3 Å². The van der Waals surface area contributed by atoms with Crippen molar-refractivity contribution >= 4 is 32.9 Å². The van der Waals surface area contributed by atoms with Crippen molar-refractivity contribution in [3.8, 4) is 0 Å². The zero-order chi connectivity index (χ0) is 17.9. The molecule has 0 spiro atoms. The van der Waals surface area contributed by atoms with Crippen LogP contribution in [-0.4, -0.2) is 31.4 Å². The van der Waals surface area contributed by atoms with Crippen LogP contribution < -0.4 is 10.0 Å². The van der Waals surface area contributed by atoms with E-state index in [1.807, 2.05) is 6.92 Å². The normalized spacial score (nSPS) is 11.5. The molecule has 2 aromatic heterocycles. The van der Waals surface area contributed by atoms with Crippen molar-refractivity contribution in [2.45, 2.75) is 25.7 Å². The minimum absolute atomic E-state index is 0.0867. The quantitative estimate of drug-likeness (QED) is 0.439. The molecular formula is C14H18N4O4S2. The molecule has 0 bridgehead atoms. The van der Waals surface area contributed by atoms with Crippen molar-refractivity contribution in [2.24, 2.45) is 0 Å². The van der Waals surface area contributed by atoms with Gasteiger partial charge in [-0.15, -0.1) is 11.3 Å². The van der Waals surface area contributed by atoms with Gasteiger partial charge in [0.2, 0.25) is 15.8 Å². The molecule has 2 N–H and O–H groups in total. The molecule has 8 nitrogen and oxygen atoms in total. The monoisotopic (exact) mass is 370 g/mol. The Balaban J connectivity index is 2.00. The summed E-state index contributed by atoms with van der Waals surface area (Å²) in [5.41, 5.74) is 0.382. The molecule has 0 amide bonds. The highest BCUT2D eigenvalue weighted by Gasteiger charge is 2.20. The highest BCUT2D eigenvalue weighted by atomic mass is 32.2. The van der Waals surface area contributed by atoms with Gasteiger partial charge in [-0.3, -0.25) is 10.1 Å². The summed E-state index contributed by atoms with van der Waals surface area (Å²) in [6.45, 7) is 5.49. The van der Waals surface area contributed by atoms with Crippen LogP contribution in [0.5, 0.6) is 0 Å². The number of rotatable bonds is 7. The van der Waals surface area contributed by atoms with Crippen molar-refractivity contribution in [2.75, 3.05) is 18.4 Å². The summed E-state index contributed by atoms with van der Waals surface area (Å²) in [5.74, 6) is 0.127. The number of hydrogen-bond donors (Lipinski definition) is 2. The Morgan fingerprint density at radius 2 is 2.00 bits per heavy atom. The van der Waals surface area contributed by atoms with Gasteiger partial charge < -0.3 is 5.32 Å². The summed E-state index contributed by atoms with van der Waals surface area (Å²) in [6, 6.07) is 3.18. The lowest BCUT2D eigenvalue weighted by atomic mass is 10.2. The van der Waals surface area contributed by atoms with Crippen LogP contribution in [0.4, 0.5) is 11.5 Å². The number of nitro groups is 1. The Morgan fingerprint density at radius 3 is 2.58 bits per heavy atom. The zero-order valence-electron chi connectivity index (χ0n) is 13.5. The van der Waals surface area contributed by atoms with E-state index in [0.717, 1.165) is 9.75 Å². The average molecular weight is 370 g/mol. The van der Waals surface area contributed by atoms with Gasteiger partial charge in [0, 0.05) is 34.6 Å². The van der Waals surface area contributed by atoms with Crippen molar-refractivity contribution < 1.29 is 13.3 Å². The van der Waals surface area contributed by atoms with E-state index < -0.39 is 14.9 Å². The number of aromatic nitrogens is 1. The third-order valence-electron chi connectivity index (χ3n) is 3.30. The summed E-state index contributed by atoms with van der Waals surface area (Å²) in [4.78, 5) is 16.4. The maximum atomic E-state index is 12.3. The first-order valence-electron chi connectivity index (χ1n) is 7.13. The van der Waals surface area contributed by atoms with E-state index >= 15 is 0 Å². The first kappa shape index (κ1) is 18.3. The van der Waals surface area contributed by atoms with Crippen molar-refractivity contribution in [1.29, 1.82) is 0 Å². The number of pyridine rings is 1. The fraction of sp³-hybridized carbons (Fsp3) is 0.357. The van der Waals surface area contributed by atoms with Gasteiger partial charge in [0.15, 0.2) is 0 Å². The number of aryl methyl sites for hydroxylation is 3. The van der Waals surface area contributed by atoms with Crippen LogP contribution in [0.15, 0.2) is 23.2 Å². The number of nitrogens with zero attached hydrogens (tertiary/aromatic N) is 2. The van der Waals surface area contributed by atoms with Gasteiger partial charge in [-0.05, 0) is 32.9 Å². The molecule has 0 fully saturated rings. The maximum absolute atomic E-state index is 12.3. The second kappa shape index (κ2) is 7.24. The van der Waals surface area contributed by atoms with Gasteiger partial charge in [0.05, 0.1) is 9.82 Å². The number of anilines is 1. The Kier molecular flexibility index (Phi) is 5.52. The zero-order valence-corrected chi connectivity index (χ0v) is 15.1. The molecule has 2 aromatic rings. The van der Waals surface area contributed by atoms with Gasteiger partial charge in [-0.1, -0.05) is 0 Å². The third-order valence-corrected chi connectivity index (χ3v) is 5.99. The predicted octanol–water partition coefficient (Wildman–Crippen LogP) is 2.37. The molecule has 0 unspecified atom stereocenters. The number of hydrogen-bond acceptors (Lipinski definition) is 7. The van der Waals surface area contributed by atoms with Crippen molar-refractivity contribution in [3.05, 3.63) is 43.8 Å². The molecule has 24 heavy (non-hydrogen) atoms. The van der Waals surface area contributed by atoms with E-state index in [-0.39, 0.29) is 29.5 Å². The molecular weight excluding hydrogens is 352 g/mol. The topological polar surface area (TPSA) is 114 Å². The number of thiophene rings is 1. The molecule has 0 aliphatic carbocycles. The Morgan fingerprint density at radius 1 is 1.29 bits per heavy atom. The molecule has 0 aromatic carbocycles. The first-order valence-corrected chi connectivity index (χ1v) is 9.43. The predicted molar refractivity (Wildman–Crippen MR) is 93.1 cm³/mol. The maximum Gasteiger partial charge on any atom is 0.314 e. The smallest absolute Gasteiger partial charge is 0.314 e. The molecule has 2 heterocycles. The van der Waals surface area contributed by atoms with Crippen molar-refractivity contribution in [3.63, 3.8) is 0 Å². The minimum atomic E-state index is -3.59. The van der Waals surface area contributed by atoms with Gasteiger partial charge >= 0.3 is 5.69 Å². The lowest BCUT2D eigenvalue weighted by Gasteiger charge is -2.09. The van der Waals surface area contributed by atoms with Gasteiger partial charge in [-0.25, -0.2) is 18.1 Å². The minimum Gasteiger partial charge on any atom is -0.363 e. The largest absolute Gasteiger partial charge is 0.363 e. The SMILES string of the molecule is Cc1cc(S(=O)(=O)NCCNc2nccc(C)c2[N+](=O)[O-])c(C)s1. The van der Waals surface area contributed by atoms with Crippen molar-refractivity contribution in [1.82, 2.24) is 9.71 Å². The van der Waals surface area contributed by atoms with Crippen LogP contribution in [-0.2, 0) is 10.0 Å². The van der Waals surface area contributed by atoms with Crippen LogP contribution in [0.3, 0.4) is 0 Å². The summed E-state index contributed by atoms with van der Waals surface area (Å²) in [6.07, 6.45) is 1.46. The van der Waals surface area contributed by atoms with E-state index in [1.165, 1.54) is 17.5 Å².